The third-order valence-corrected chi connectivity index (χ3v) is 5.44. The quantitative estimate of drug-likeness (QED) is 0.403. The fourth-order valence-corrected chi connectivity index (χ4v) is 3.95. The molecule has 0 saturated heterocycles. The van der Waals surface area contributed by atoms with Crippen molar-refractivity contribution in [2.24, 2.45) is 0 Å². The van der Waals surface area contributed by atoms with Gasteiger partial charge in [-0.15, -0.1) is 0 Å². The first kappa shape index (κ1) is 21.1. The smallest absolute Gasteiger partial charge is 0.338 e. The summed E-state index contributed by atoms with van der Waals surface area (Å²) in [6, 6.07) is 14.6. The maximum Gasteiger partial charge on any atom is 0.338 e. The Morgan fingerprint density at radius 1 is 1.28 bits per heavy atom. The molecule has 1 atom stereocenters. The molecule has 2 aromatic rings. The van der Waals surface area contributed by atoms with Crippen LogP contribution >= 0.6 is 12.2 Å². The number of para-hydroxylation sites is 1. The highest BCUT2D eigenvalue weighted by atomic mass is 32.1. The van der Waals surface area contributed by atoms with E-state index < -0.39 is 0 Å². The Balaban J connectivity index is 1.45. The molecule has 0 unspecified atom stereocenters. The number of nitrogens with one attached hydrogen (secondary N) is 2. The van der Waals surface area contributed by atoms with Gasteiger partial charge in [0.1, 0.15) is 0 Å². The molecule has 0 saturated carbocycles. The summed E-state index contributed by atoms with van der Waals surface area (Å²) >= 11 is 5.43. The minimum Gasteiger partial charge on any atom is -0.462 e. The van der Waals surface area contributed by atoms with Crippen molar-refractivity contribution in [1.82, 2.24) is 5.32 Å². The van der Waals surface area contributed by atoms with Crippen molar-refractivity contribution in [3.8, 4) is 0 Å². The molecule has 0 radical (unpaired) electrons. The molecular formula is C23H29N3O2S. The molecule has 1 aliphatic rings. The molecule has 3 rings (SSSR count). The SMILES string of the molecule is CCOC(=O)c1ccc(NC(=S)NCCCN2c3ccccc3C[C@@H]2C)c(C)c1. The Morgan fingerprint density at radius 3 is 2.83 bits per heavy atom. The molecule has 154 valence electrons. The van der Waals surface area contributed by atoms with Gasteiger partial charge in [0.15, 0.2) is 5.11 Å². The molecule has 0 aromatic heterocycles. The highest BCUT2D eigenvalue weighted by Crippen LogP contribution is 2.31. The minimum atomic E-state index is -0.305. The average Bonchev–Trinajstić information content (AvgIpc) is 3.02. The van der Waals surface area contributed by atoms with Gasteiger partial charge >= 0.3 is 5.97 Å². The Bertz CT molecular complexity index is 884. The lowest BCUT2D eigenvalue weighted by Crippen LogP contribution is -2.34. The lowest BCUT2D eigenvalue weighted by Gasteiger charge is -2.25. The van der Waals surface area contributed by atoms with Crippen molar-refractivity contribution < 1.29 is 9.53 Å². The van der Waals surface area contributed by atoms with Crippen LogP contribution in [0.5, 0.6) is 0 Å². The van der Waals surface area contributed by atoms with Gasteiger partial charge in [0, 0.05) is 30.5 Å². The highest BCUT2D eigenvalue weighted by Gasteiger charge is 2.24. The monoisotopic (exact) mass is 411 g/mol. The number of esters is 1. The molecule has 1 heterocycles. The predicted molar refractivity (Wildman–Crippen MR) is 123 cm³/mol. The summed E-state index contributed by atoms with van der Waals surface area (Å²) in [5.74, 6) is -0.305. The van der Waals surface area contributed by atoms with E-state index >= 15 is 0 Å². The van der Waals surface area contributed by atoms with Crippen molar-refractivity contribution in [2.75, 3.05) is 29.9 Å². The number of hydrogen-bond acceptors (Lipinski definition) is 4. The number of ether oxygens (including phenoxy) is 1. The first-order valence-electron chi connectivity index (χ1n) is 10.2. The van der Waals surface area contributed by atoms with Crippen LogP contribution < -0.4 is 15.5 Å². The second kappa shape index (κ2) is 9.74. The summed E-state index contributed by atoms with van der Waals surface area (Å²) < 4.78 is 5.04. The van der Waals surface area contributed by atoms with Gasteiger partial charge in [-0.05, 0) is 81.2 Å². The van der Waals surface area contributed by atoms with Crippen LogP contribution in [0.1, 0.15) is 41.8 Å². The van der Waals surface area contributed by atoms with Gasteiger partial charge in [0.2, 0.25) is 0 Å². The van der Waals surface area contributed by atoms with E-state index in [9.17, 15) is 4.79 Å². The van der Waals surface area contributed by atoms with Crippen LogP contribution in [0.25, 0.3) is 0 Å². The molecule has 0 bridgehead atoms. The zero-order valence-corrected chi connectivity index (χ0v) is 18.1. The Morgan fingerprint density at radius 2 is 2.07 bits per heavy atom. The molecule has 2 aromatic carbocycles. The lowest BCUT2D eigenvalue weighted by molar-refractivity contribution is 0.0526. The number of rotatable bonds is 7. The van der Waals surface area contributed by atoms with E-state index in [1.54, 1.807) is 13.0 Å². The molecular weight excluding hydrogens is 382 g/mol. The normalized spacial score (nSPS) is 15.0. The van der Waals surface area contributed by atoms with Crippen LogP contribution in [0.15, 0.2) is 42.5 Å². The highest BCUT2D eigenvalue weighted by molar-refractivity contribution is 7.80. The third-order valence-electron chi connectivity index (χ3n) is 5.20. The van der Waals surface area contributed by atoms with Gasteiger partial charge in [0.25, 0.3) is 0 Å². The van der Waals surface area contributed by atoms with Gasteiger partial charge < -0.3 is 20.3 Å². The molecule has 0 spiro atoms. The molecule has 1 aliphatic heterocycles. The van der Waals surface area contributed by atoms with Crippen LogP contribution in [0, 0.1) is 6.92 Å². The molecule has 5 nitrogen and oxygen atoms in total. The maximum absolute atomic E-state index is 11.8. The van der Waals surface area contributed by atoms with E-state index in [1.165, 1.54) is 11.3 Å². The Hall–Kier alpha value is -2.60. The number of aryl methyl sites for hydroxylation is 1. The number of thiocarbonyl (C=S) groups is 1. The maximum atomic E-state index is 11.8. The van der Waals surface area contributed by atoms with Crippen LogP contribution in [-0.4, -0.2) is 36.8 Å². The van der Waals surface area contributed by atoms with E-state index in [0.717, 1.165) is 37.2 Å². The Labute approximate surface area is 178 Å². The Kier molecular flexibility index (Phi) is 7.09. The van der Waals surface area contributed by atoms with Crippen molar-refractivity contribution >= 4 is 34.7 Å². The number of carbonyl (C=O) groups is 1. The molecule has 0 fully saturated rings. The zero-order chi connectivity index (χ0) is 20.8. The van der Waals surface area contributed by atoms with Crippen LogP contribution in [0.4, 0.5) is 11.4 Å². The van der Waals surface area contributed by atoms with Gasteiger partial charge in [-0.1, -0.05) is 18.2 Å². The standard InChI is InChI=1S/C23H29N3O2S/c1-4-28-22(27)19-10-11-20(16(2)14-19)25-23(29)24-12-7-13-26-17(3)15-18-8-5-6-9-21(18)26/h5-6,8-11,14,17H,4,7,12-13,15H2,1-3H3,(H2,24,25,29)/t17-/m0/s1. The fourth-order valence-electron chi connectivity index (χ4n) is 3.73. The first-order valence-corrected chi connectivity index (χ1v) is 10.6. The summed E-state index contributed by atoms with van der Waals surface area (Å²) in [6.07, 6.45) is 2.12. The topological polar surface area (TPSA) is 53.6 Å². The van der Waals surface area contributed by atoms with E-state index in [0.29, 0.717) is 23.3 Å². The predicted octanol–water partition coefficient (Wildman–Crippen LogP) is 4.30. The summed E-state index contributed by atoms with van der Waals surface area (Å²) in [4.78, 5) is 14.3. The average molecular weight is 412 g/mol. The number of anilines is 2. The summed E-state index contributed by atoms with van der Waals surface area (Å²) in [5, 5.41) is 7.09. The molecule has 6 heteroatoms. The minimum absolute atomic E-state index is 0.305. The van der Waals surface area contributed by atoms with Gasteiger partial charge in [-0.3, -0.25) is 0 Å². The lowest BCUT2D eigenvalue weighted by atomic mass is 10.1. The molecule has 29 heavy (non-hydrogen) atoms. The van der Waals surface area contributed by atoms with Crippen LogP contribution in [-0.2, 0) is 11.2 Å². The van der Waals surface area contributed by atoms with Gasteiger partial charge in [-0.25, -0.2) is 4.79 Å². The summed E-state index contributed by atoms with van der Waals surface area (Å²) in [7, 11) is 0. The summed E-state index contributed by atoms with van der Waals surface area (Å²) in [6.45, 7) is 8.20. The number of fused-ring (bicyclic) bond motifs is 1. The van der Waals surface area contributed by atoms with Crippen molar-refractivity contribution in [2.45, 2.75) is 39.7 Å². The largest absolute Gasteiger partial charge is 0.462 e. The van der Waals surface area contributed by atoms with E-state index in [4.69, 9.17) is 17.0 Å². The van der Waals surface area contributed by atoms with Gasteiger partial charge in [-0.2, -0.15) is 0 Å². The second-order valence-electron chi connectivity index (χ2n) is 7.36. The zero-order valence-electron chi connectivity index (χ0n) is 17.3. The van der Waals surface area contributed by atoms with Crippen molar-refractivity contribution in [1.29, 1.82) is 0 Å². The molecule has 2 N–H and O–H groups in total. The van der Waals surface area contributed by atoms with Crippen LogP contribution in [0.2, 0.25) is 0 Å². The van der Waals surface area contributed by atoms with Crippen molar-refractivity contribution in [3.63, 3.8) is 0 Å². The molecule has 0 aliphatic carbocycles. The van der Waals surface area contributed by atoms with Crippen LogP contribution in [0.3, 0.4) is 0 Å². The van der Waals surface area contributed by atoms with E-state index in [1.807, 2.05) is 19.1 Å². The number of nitrogens with zero attached hydrogens (tertiary/aromatic N) is 1. The summed E-state index contributed by atoms with van der Waals surface area (Å²) in [5.41, 5.74) is 5.18. The van der Waals surface area contributed by atoms with E-state index in [-0.39, 0.29) is 5.97 Å². The molecule has 0 amide bonds. The van der Waals surface area contributed by atoms with E-state index in [2.05, 4.69) is 46.7 Å². The first-order chi connectivity index (χ1) is 14.0. The fraction of sp³-hybridized carbons (Fsp3) is 0.391. The number of hydrogen-bond donors (Lipinski definition) is 2. The van der Waals surface area contributed by atoms with Gasteiger partial charge in [0.05, 0.1) is 12.2 Å². The number of benzene rings is 2. The van der Waals surface area contributed by atoms with Crippen molar-refractivity contribution in [3.05, 3.63) is 59.2 Å². The second-order valence-corrected chi connectivity index (χ2v) is 7.77. The third kappa shape index (κ3) is 5.26. The number of carbonyl (C=O) groups excluding carboxylic acids is 1.